The molecule has 3 aromatic rings. The van der Waals surface area contributed by atoms with Gasteiger partial charge in [-0.05, 0) is 38.3 Å². The molecule has 1 saturated carbocycles. The van der Waals surface area contributed by atoms with E-state index >= 15 is 0 Å². The molecule has 4 rings (SSSR count). The first-order valence-electron chi connectivity index (χ1n) is 9.71. The number of hydrogen-bond acceptors (Lipinski definition) is 4. The van der Waals surface area contributed by atoms with Crippen LogP contribution in [0.2, 0.25) is 0 Å². The molecule has 144 valence electrons. The van der Waals surface area contributed by atoms with Crippen molar-refractivity contribution in [1.29, 1.82) is 0 Å². The molecule has 1 fully saturated rings. The van der Waals surface area contributed by atoms with Crippen molar-refractivity contribution in [2.45, 2.75) is 43.8 Å². The lowest BCUT2D eigenvalue weighted by molar-refractivity contribution is -0.121. The van der Waals surface area contributed by atoms with Crippen LogP contribution >= 0.6 is 11.8 Å². The van der Waals surface area contributed by atoms with Crippen LogP contribution in [0.15, 0.2) is 59.8 Å². The Morgan fingerprint density at radius 2 is 1.86 bits per heavy atom. The highest BCUT2D eigenvalue weighted by Gasteiger charge is 2.23. The van der Waals surface area contributed by atoms with Gasteiger partial charge in [-0.25, -0.2) is 0 Å². The zero-order valence-corrected chi connectivity index (χ0v) is 16.8. The number of nitrogens with zero attached hydrogens (tertiary/aromatic N) is 3. The Morgan fingerprint density at radius 1 is 1.11 bits per heavy atom. The molecule has 0 unspecified atom stereocenters. The van der Waals surface area contributed by atoms with Crippen molar-refractivity contribution in [3.8, 4) is 17.1 Å². The molecule has 1 aliphatic rings. The fourth-order valence-electron chi connectivity index (χ4n) is 2.99. The monoisotopic (exact) mass is 392 g/mol. The quantitative estimate of drug-likeness (QED) is 0.456. The number of nitrogens with one attached hydrogen (secondary N) is 1. The average Bonchev–Trinajstić information content (AvgIpc) is 3.42. The van der Waals surface area contributed by atoms with Crippen LogP contribution in [-0.2, 0) is 4.79 Å². The molecule has 1 aliphatic carbocycles. The molecule has 0 atom stereocenters. The average molecular weight is 393 g/mol. The van der Waals surface area contributed by atoms with Crippen LogP contribution in [0.5, 0.6) is 0 Å². The molecule has 1 aromatic heterocycles. The zero-order valence-electron chi connectivity index (χ0n) is 16.0. The highest BCUT2D eigenvalue weighted by Crippen LogP contribution is 2.28. The van der Waals surface area contributed by atoms with E-state index in [1.807, 2.05) is 18.2 Å². The van der Waals surface area contributed by atoms with Crippen molar-refractivity contribution in [1.82, 2.24) is 20.1 Å². The fraction of sp³-hybridized carbons (Fsp3) is 0.318. The molecule has 2 aromatic carbocycles. The van der Waals surface area contributed by atoms with Crippen molar-refractivity contribution in [3.63, 3.8) is 0 Å². The number of amides is 1. The first-order chi connectivity index (χ1) is 13.7. The van der Waals surface area contributed by atoms with Gasteiger partial charge in [-0.2, -0.15) is 0 Å². The second-order valence-electron chi connectivity index (χ2n) is 7.14. The van der Waals surface area contributed by atoms with Gasteiger partial charge in [0.15, 0.2) is 11.0 Å². The fourth-order valence-corrected chi connectivity index (χ4v) is 3.88. The van der Waals surface area contributed by atoms with Gasteiger partial charge in [-0.3, -0.25) is 9.36 Å². The largest absolute Gasteiger partial charge is 0.353 e. The number of rotatable bonds is 8. The van der Waals surface area contributed by atoms with Crippen LogP contribution < -0.4 is 5.32 Å². The van der Waals surface area contributed by atoms with E-state index in [1.54, 1.807) is 11.8 Å². The molecule has 1 heterocycles. The minimum atomic E-state index is 0.160. The van der Waals surface area contributed by atoms with Gasteiger partial charge in [-0.15, -0.1) is 10.2 Å². The Labute approximate surface area is 169 Å². The Kier molecular flexibility index (Phi) is 5.76. The first kappa shape index (κ1) is 18.7. The third kappa shape index (κ3) is 4.62. The van der Waals surface area contributed by atoms with Gasteiger partial charge in [0.1, 0.15) is 0 Å². The molecule has 0 saturated heterocycles. The molecular formula is C22H24N4OS. The molecule has 6 heteroatoms. The van der Waals surface area contributed by atoms with Crippen molar-refractivity contribution in [3.05, 3.63) is 60.2 Å². The Morgan fingerprint density at radius 3 is 2.57 bits per heavy atom. The van der Waals surface area contributed by atoms with Gasteiger partial charge >= 0.3 is 0 Å². The Balaban J connectivity index is 1.50. The van der Waals surface area contributed by atoms with E-state index in [1.165, 1.54) is 5.56 Å². The predicted octanol–water partition coefficient (Wildman–Crippen LogP) is 4.39. The summed E-state index contributed by atoms with van der Waals surface area (Å²) in [5, 5.41) is 12.8. The maximum absolute atomic E-state index is 11.9. The molecule has 5 nitrogen and oxygen atoms in total. The lowest BCUT2D eigenvalue weighted by Crippen LogP contribution is -2.25. The van der Waals surface area contributed by atoms with E-state index in [2.05, 4.69) is 63.4 Å². The minimum absolute atomic E-state index is 0.160. The van der Waals surface area contributed by atoms with Gasteiger partial charge in [0.05, 0.1) is 0 Å². The summed E-state index contributed by atoms with van der Waals surface area (Å²) in [6, 6.07) is 18.9. The highest BCUT2D eigenvalue weighted by atomic mass is 32.2. The summed E-state index contributed by atoms with van der Waals surface area (Å²) < 4.78 is 2.10. The van der Waals surface area contributed by atoms with Crippen LogP contribution in [0.25, 0.3) is 17.1 Å². The number of carbonyl (C=O) groups is 1. The SMILES string of the molecule is Cc1ccc(-c2nnc(SCCCC(=O)NC3CC3)n2-c2ccccc2)cc1. The number of aryl methyl sites for hydroxylation is 1. The molecule has 0 spiro atoms. The number of hydrogen-bond donors (Lipinski definition) is 1. The first-order valence-corrected chi connectivity index (χ1v) is 10.7. The van der Waals surface area contributed by atoms with E-state index in [9.17, 15) is 4.79 Å². The molecule has 1 amide bonds. The number of para-hydroxylation sites is 1. The normalized spacial score (nSPS) is 13.5. The number of carbonyl (C=O) groups excluding carboxylic acids is 1. The van der Waals surface area contributed by atoms with Crippen molar-refractivity contribution in [2.75, 3.05) is 5.75 Å². The van der Waals surface area contributed by atoms with Crippen molar-refractivity contribution < 1.29 is 4.79 Å². The van der Waals surface area contributed by atoms with E-state index in [4.69, 9.17) is 0 Å². The van der Waals surface area contributed by atoms with Gasteiger partial charge < -0.3 is 5.32 Å². The second kappa shape index (κ2) is 8.61. The van der Waals surface area contributed by atoms with E-state index in [0.29, 0.717) is 12.5 Å². The van der Waals surface area contributed by atoms with Crippen LogP contribution in [0.4, 0.5) is 0 Å². The van der Waals surface area contributed by atoms with Crippen molar-refractivity contribution >= 4 is 17.7 Å². The summed E-state index contributed by atoms with van der Waals surface area (Å²) in [4.78, 5) is 11.9. The van der Waals surface area contributed by atoms with Crippen LogP contribution in [0, 0.1) is 6.92 Å². The summed E-state index contributed by atoms with van der Waals surface area (Å²) in [6.45, 7) is 2.08. The lowest BCUT2D eigenvalue weighted by Gasteiger charge is -2.10. The van der Waals surface area contributed by atoms with E-state index in [0.717, 1.165) is 47.2 Å². The summed E-state index contributed by atoms with van der Waals surface area (Å²) in [7, 11) is 0. The van der Waals surface area contributed by atoms with Gasteiger partial charge in [0.25, 0.3) is 0 Å². The molecular weight excluding hydrogens is 368 g/mol. The summed E-state index contributed by atoms with van der Waals surface area (Å²) in [6.07, 6.45) is 3.64. The number of thioether (sulfide) groups is 1. The van der Waals surface area contributed by atoms with Gasteiger partial charge in [0.2, 0.25) is 5.91 Å². The maximum atomic E-state index is 11.9. The summed E-state index contributed by atoms with van der Waals surface area (Å²) >= 11 is 1.65. The minimum Gasteiger partial charge on any atom is -0.353 e. The standard InChI is InChI=1S/C22H24N4OS/c1-16-9-11-17(12-10-16)21-24-25-22(26(21)19-6-3-2-4-7-19)28-15-5-8-20(27)23-18-13-14-18/h2-4,6-7,9-12,18H,5,8,13-15H2,1H3,(H,23,27). The molecule has 0 aliphatic heterocycles. The Bertz CT molecular complexity index is 933. The molecule has 1 N–H and O–H groups in total. The van der Waals surface area contributed by atoms with Gasteiger partial charge in [0, 0.05) is 29.5 Å². The number of aromatic nitrogens is 3. The van der Waals surface area contributed by atoms with E-state index in [-0.39, 0.29) is 5.91 Å². The topological polar surface area (TPSA) is 59.8 Å². The highest BCUT2D eigenvalue weighted by molar-refractivity contribution is 7.99. The summed E-state index contributed by atoms with van der Waals surface area (Å²) in [5.74, 6) is 1.82. The zero-order chi connectivity index (χ0) is 19.3. The van der Waals surface area contributed by atoms with Crippen molar-refractivity contribution in [2.24, 2.45) is 0 Å². The van der Waals surface area contributed by atoms with Gasteiger partial charge in [-0.1, -0.05) is 59.8 Å². The predicted molar refractivity (Wildman–Crippen MR) is 113 cm³/mol. The van der Waals surface area contributed by atoms with Crippen LogP contribution in [-0.4, -0.2) is 32.5 Å². The molecule has 0 bridgehead atoms. The molecule has 0 radical (unpaired) electrons. The molecule has 28 heavy (non-hydrogen) atoms. The third-order valence-corrected chi connectivity index (χ3v) is 5.69. The lowest BCUT2D eigenvalue weighted by atomic mass is 10.1. The smallest absolute Gasteiger partial charge is 0.220 e. The summed E-state index contributed by atoms with van der Waals surface area (Å²) in [5.41, 5.74) is 3.29. The Hall–Kier alpha value is -2.60. The van der Waals surface area contributed by atoms with E-state index < -0.39 is 0 Å². The van der Waals surface area contributed by atoms with Crippen LogP contribution in [0.3, 0.4) is 0 Å². The number of benzene rings is 2. The maximum Gasteiger partial charge on any atom is 0.220 e. The third-order valence-electron chi connectivity index (χ3n) is 4.68. The second-order valence-corrected chi connectivity index (χ2v) is 8.20. The van der Waals surface area contributed by atoms with Crippen LogP contribution in [0.1, 0.15) is 31.2 Å².